The average Bonchev–Trinajstić information content (AvgIpc) is 2.56. The van der Waals surface area contributed by atoms with Crippen molar-refractivity contribution in [2.75, 3.05) is 11.9 Å². The van der Waals surface area contributed by atoms with Crippen LogP contribution in [0.15, 0.2) is 41.3 Å². The standard InChI is InChI=1S/C19H24N2O4S/c1-12(2)15-5-7-16(8-6-15)25-11-19(22)21-18-10-17(26(20,23)24)9-13(3)14(18)4/h5-10,12H,11H2,1-4H3,(H,21,22)(H2,20,23,24). The van der Waals surface area contributed by atoms with Crippen LogP contribution in [-0.4, -0.2) is 20.9 Å². The van der Waals surface area contributed by atoms with Gasteiger partial charge in [-0.05, 0) is 60.7 Å². The second-order valence-electron chi connectivity index (χ2n) is 6.52. The van der Waals surface area contributed by atoms with E-state index in [0.717, 1.165) is 11.1 Å². The number of aryl methyl sites for hydroxylation is 1. The first-order chi connectivity index (χ1) is 12.1. The summed E-state index contributed by atoms with van der Waals surface area (Å²) in [4.78, 5) is 12.1. The van der Waals surface area contributed by atoms with Gasteiger partial charge < -0.3 is 10.1 Å². The molecule has 3 N–H and O–H groups in total. The first kappa shape index (κ1) is 19.9. The molecule has 0 aromatic heterocycles. The van der Waals surface area contributed by atoms with Gasteiger partial charge in [0, 0.05) is 5.69 Å². The SMILES string of the molecule is Cc1cc(S(N)(=O)=O)cc(NC(=O)COc2ccc(C(C)C)cc2)c1C. The van der Waals surface area contributed by atoms with Crippen LogP contribution >= 0.6 is 0 Å². The number of hydrogen-bond acceptors (Lipinski definition) is 4. The normalized spacial score (nSPS) is 11.5. The van der Waals surface area contributed by atoms with Crippen LogP contribution in [0, 0.1) is 13.8 Å². The van der Waals surface area contributed by atoms with Crippen LogP contribution in [0.3, 0.4) is 0 Å². The lowest BCUT2D eigenvalue weighted by Gasteiger charge is -2.13. The van der Waals surface area contributed by atoms with Gasteiger partial charge in [0.2, 0.25) is 10.0 Å². The molecule has 0 aliphatic carbocycles. The highest BCUT2D eigenvalue weighted by Crippen LogP contribution is 2.24. The van der Waals surface area contributed by atoms with Crippen LogP contribution in [0.1, 0.15) is 36.5 Å². The van der Waals surface area contributed by atoms with Crippen molar-refractivity contribution in [2.45, 2.75) is 38.5 Å². The first-order valence-electron chi connectivity index (χ1n) is 8.24. The number of primary sulfonamides is 1. The number of ether oxygens (including phenoxy) is 1. The van der Waals surface area contributed by atoms with Gasteiger partial charge in [-0.1, -0.05) is 26.0 Å². The number of nitrogens with one attached hydrogen (secondary N) is 1. The molecule has 0 spiro atoms. The Labute approximate surface area is 154 Å². The van der Waals surface area contributed by atoms with E-state index >= 15 is 0 Å². The molecule has 140 valence electrons. The molecule has 2 rings (SSSR count). The number of anilines is 1. The number of carbonyl (C=O) groups is 1. The summed E-state index contributed by atoms with van der Waals surface area (Å²) in [6.07, 6.45) is 0. The summed E-state index contributed by atoms with van der Waals surface area (Å²) in [5.41, 5.74) is 3.08. The largest absolute Gasteiger partial charge is 0.484 e. The van der Waals surface area contributed by atoms with E-state index < -0.39 is 10.0 Å². The summed E-state index contributed by atoms with van der Waals surface area (Å²) >= 11 is 0. The molecule has 0 aliphatic rings. The Morgan fingerprint density at radius 1 is 1.15 bits per heavy atom. The minimum absolute atomic E-state index is 0.0407. The molecule has 0 fully saturated rings. The third-order valence-electron chi connectivity index (χ3n) is 4.16. The van der Waals surface area contributed by atoms with Crippen molar-refractivity contribution in [3.63, 3.8) is 0 Å². The van der Waals surface area contributed by atoms with Crippen molar-refractivity contribution in [3.8, 4) is 5.75 Å². The van der Waals surface area contributed by atoms with Crippen LogP contribution in [0.4, 0.5) is 5.69 Å². The van der Waals surface area contributed by atoms with Crippen molar-refractivity contribution in [2.24, 2.45) is 5.14 Å². The van der Waals surface area contributed by atoms with E-state index in [4.69, 9.17) is 9.88 Å². The lowest BCUT2D eigenvalue weighted by atomic mass is 10.0. The molecule has 0 heterocycles. The monoisotopic (exact) mass is 376 g/mol. The summed E-state index contributed by atoms with van der Waals surface area (Å²) in [7, 11) is -3.85. The number of nitrogens with two attached hydrogens (primary N) is 1. The molecule has 0 bridgehead atoms. The van der Waals surface area contributed by atoms with E-state index in [0.29, 0.717) is 17.4 Å². The molecular weight excluding hydrogens is 352 g/mol. The third-order valence-corrected chi connectivity index (χ3v) is 5.05. The molecule has 0 atom stereocenters. The van der Waals surface area contributed by atoms with Crippen LogP contribution in [0.2, 0.25) is 0 Å². The Bertz CT molecular complexity index is 904. The zero-order valence-corrected chi connectivity index (χ0v) is 16.2. The van der Waals surface area contributed by atoms with Gasteiger partial charge in [-0.2, -0.15) is 0 Å². The predicted octanol–water partition coefficient (Wildman–Crippen LogP) is 3.09. The Hall–Kier alpha value is -2.38. The Balaban J connectivity index is 2.07. The number of hydrogen-bond donors (Lipinski definition) is 2. The van der Waals surface area contributed by atoms with E-state index in [1.807, 2.05) is 24.3 Å². The molecule has 0 aliphatic heterocycles. The number of amides is 1. The molecule has 0 unspecified atom stereocenters. The molecule has 7 heteroatoms. The summed E-state index contributed by atoms with van der Waals surface area (Å²) < 4.78 is 28.6. The molecule has 0 saturated carbocycles. The van der Waals surface area contributed by atoms with Crippen molar-refractivity contribution in [1.82, 2.24) is 0 Å². The van der Waals surface area contributed by atoms with Gasteiger partial charge in [0.1, 0.15) is 5.75 Å². The number of sulfonamides is 1. The molecule has 2 aromatic carbocycles. The topological polar surface area (TPSA) is 98.5 Å². The van der Waals surface area contributed by atoms with Crippen LogP contribution in [0.25, 0.3) is 0 Å². The Morgan fingerprint density at radius 3 is 2.31 bits per heavy atom. The van der Waals surface area contributed by atoms with E-state index in [1.54, 1.807) is 13.8 Å². The zero-order valence-electron chi connectivity index (χ0n) is 15.4. The Morgan fingerprint density at radius 2 is 1.77 bits per heavy atom. The fraction of sp³-hybridized carbons (Fsp3) is 0.316. The molecule has 26 heavy (non-hydrogen) atoms. The van der Waals surface area contributed by atoms with Gasteiger partial charge in [0.05, 0.1) is 4.90 Å². The fourth-order valence-corrected chi connectivity index (χ4v) is 3.03. The quantitative estimate of drug-likeness (QED) is 0.809. The molecule has 1 amide bonds. The smallest absolute Gasteiger partial charge is 0.262 e. The summed E-state index contributed by atoms with van der Waals surface area (Å²) in [5, 5.41) is 7.86. The maximum Gasteiger partial charge on any atom is 0.262 e. The number of carbonyl (C=O) groups excluding carboxylic acids is 1. The molecule has 2 aromatic rings. The lowest BCUT2D eigenvalue weighted by molar-refractivity contribution is -0.118. The van der Waals surface area contributed by atoms with Gasteiger partial charge in [0.15, 0.2) is 6.61 Å². The number of rotatable bonds is 6. The van der Waals surface area contributed by atoms with Gasteiger partial charge in [0.25, 0.3) is 5.91 Å². The summed E-state index contributed by atoms with van der Waals surface area (Å²) in [6, 6.07) is 10.4. The second kappa shape index (κ2) is 7.88. The molecule has 0 saturated heterocycles. The number of benzene rings is 2. The van der Waals surface area contributed by atoms with E-state index in [2.05, 4.69) is 19.2 Å². The first-order valence-corrected chi connectivity index (χ1v) is 9.79. The highest BCUT2D eigenvalue weighted by molar-refractivity contribution is 7.89. The van der Waals surface area contributed by atoms with Crippen LogP contribution < -0.4 is 15.2 Å². The third kappa shape index (κ3) is 5.06. The Kier molecular flexibility index (Phi) is 6.05. The molecule has 6 nitrogen and oxygen atoms in total. The maximum atomic E-state index is 12.2. The maximum absolute atomic E-state index is 12.2. The predicted molar refractivity (Wildman–Crippen MR) is 102 cm³/mol. The van der Waals surface area contributed by atoms with E-state index in [9.17, 15) is 13.2 Å². The summed E-state index contributed by atoms with van der Waals surface area (Å²) in [6.45, 7) is 7.57. The van der Waals surface area contributed by atoms with E-state index in [-0.39, 0.29) is 17.4 Å². The minimum Gasteiger partial charge on any atom is -0.484 e. The van der Waals surface area contributed by atoms with Crippen molar-refractivity contribution < 1.29 is 17.9 Å². The van der Waals surface area contributed by atoms with Gasteiger partial charge in [-0.25, -0.2) is 13.6 Å². The molecular formula is C19H24N2O4S. The van der Waals surface area contributed by atoms with Crippen LogP contribution in [0.5, 0.6) is 5.75 Å². The molecule has 0 radical (unpaired) electrons. The minimum atomic E-state index is -3.85. The second-order valence-corrected chi connectivity index (χ2v) is 8.08. The van der Waals surface area contributed by atoms with Crippen molar-refractivity contribution in [1.29, 1.82) is 0 Å². The summed E-state index contributed by atoms with van der Waals surface area (Å²) in [5.74, 6) is 0.632. The van der Waals surface area contributed by atoms with Crippen molar-refractivity contribution in [3.05, 3.63) is 53.1 Å². The highest BCUT2D eigenvalue weighted by Gasteiger charge is 2.14. The highest BCUT2D eigenvalue weighted by atomic mass is 32.2. The fourth-order valence-electron chi connectivity index (χ4n) is 2.40. The van der Waals surface area contributed by atoms with Gasteiger partial charge in [-0.15, -0.1) is 0 Å². The lowest BCUT2D eigenvalue weighted by Crippen LogP contribution is -2.21. The van der Waals surface area contributed by atoms with Crippen LogP contribution in [-0.2, 0) is 14.8 Å². The van der Waals surface area contributed by atoms with Gasteiger partial charge >= 0.3 is 0 Å². The zero-order chi connectivity index (χ0) is 19.5. The van der Waals surface area contributed by atoms with Crippen molar-refractivity contribution >= 4 is 21.6 Å². The van der Waals surface area contributed by atoms with E-state index in [1.165, 1.54) is 17.7 Å². The average molecular weight is 376 g/mol. The van der Waals surface area contributed by atoms with Gasteiger partial charge in [-0.3, -0.25) is 4.79 Å².